The van der Waals surface area contributed by atoms with Crippen LogP contribution in [0, 0.1) is 18.8 Å². The first kappa shape index (κ1) is 32.3. The van der Waals surface area contributed by atoms with E-state index in [1.54, 1.807) is 0 Å². The lowest BCUT2D eigenvalue weighted by Gasteiger charge is -2.31. The number of imidazole rings is 1. The maximum Gasteiger partial charge on any atom is 0.309 e. The summed E-state index contributed by atoms with van der Waals surface area (Å²) in [5, 5.41) is 3.19. The molecule has 0 aliphatic carbocycles. The molecule has 2 aromatic carbocycles. The first-order chi connectivity index (χ1) is 20.9. The van der Waals surface area contributed by atoms with E-state index in [4.69, 9.17) is 15.5 Å². The number of benzene rings is 2. The molecule has 1 fully saturated rings. The number of ether oxygens (including phenoxy) is 1. The largest absolute Gasteiger partial charge is 0.461 e. The van der Waals surface area contributed by atoms with E-state index < -0.39 is 0 Å². The number of esters is 1. The average Bonchev–Trinajstić information content (AvgIpc) is 3.47. The summed E-state index contributed by atoms with van der Waals surface area (Å²) in [5.41, 5.74) is 11.7. The maximum atomic E-state index is 13.3. The van der Waals surface area contributed by atoms with Crippen LogP contribution in [0.3, 0.4) is 0 Å². The van der Waals surface area contributed by atoms with Crippen LogP contribution in [0.2, 0.25) is 0 Å². The molecule has 2 atom stereocenters. The Balaban J connectivity index is 1.50. The van der Waals surface area contributed by atoms with E-state index in [1.807, 2.05) is 56.6 Å². The molecule has 2 heterocycles. The summed E-state index contributed by atoms with van der Waals surface area (Å²) < 4.78 is 8.07. The Morgan fingerprint density at radius 2 is 1.91 bits per heavy atom. The van der Waals surface area contributed by atoms with Gasteiger partial charge in [-0.25, -0.2) is 4.98 Å². The van der Waals surface area contributed by atoms with Crippen LogP contribution in [0.5, 0.6) is 0 Å². The van der Waals surface area contributed by atoms with Crippen LogP contribution in [-0.4, -0.2) is 40.1 Å². The SMILES string of the molecule is CCN/C=C(\N)CCC(c1ccc(C)c(Cn2ccnc2CN2CCC(CC)CC2)c1)C(C)C(=O)OCc1ccccc1. The monoisotopic (exact) mass is 585 g/mol. The number of piperidine rings is 1. The number of hydrogen-bond donors (Lipinski definition) is 2. The Bertz CT molecular complexity index is 1310. The molecule has 0 radical (unpaired) electrons. The molecule has 4 rings (SSSR count). The molecule has 7 heteroatoms. The second-order valence-electron chi connectivity index (χ2n) is 12.1. The average molecular weight is 586 g/mol. The van der Waals surface area contributed by atoms with E-state index in [9.17, 15) is 4.79 Å². The number of aryl methyl sites for hydroxylation is 1. The highest BCUT2D eigenvalue weighted by Gasteiger charge is 2.28. The summed E-state index contributed by atoms with van der Waals surface area (Å²) in [6, 6.07) is 16.5. The van der Waals surface area contributed by atoms with Gasteiger partial charge in [0.2, 0.25) is 0 Å². The number of hydrogen-bond acceptors (Lipinski definition) is 6. The van der Waals surface area contributed by atoms with Crippen molar-refractivity contribution in [3.8, 4) is 0 Å². The fraction of sp³-hybridized carbons (Fsp3) is 0.500. The van der Waals surface area contributed by atoms with Gasteiger partial charge in [-0.2, -0.15) is 0 Å². The van der Waals surface area contributed by atoms with Crippen molar-refractivity contribution in [2.45, 2.75) is 85.4 Å². The molecule has 0 saturated carbocycles. The van der Waals surface area contributed by atoms with Gasteiger partial charge in [0.05, 0.1) is 12.5 Å². The van der Waals surface area contributed by atoms with Crippen molar-refractivity contribution in [2.75, 3.05) is 19.6 Å². The molecule has 1 aliphatic rings. The number of allylic oxidation sites excluding steroid dienone is 1. The summed E-state index contributed by atoms with van der Waals surface area (Å²) in [4.78, 5) is 20.6. The molecule has 3 aromatic rings. The zero-order valence-electron chi connectivity index (χ0n) is 26.6. The van der Waals surface area contributed by atoms with Crippen LogP contribution in [0.15, 0.2) is 72.8 Å². The Hall–Kier alpha value is -3.58. The topological polar surface area (TPSA) is 85.4 Å². The molecule has 1 aliphatic heterocycles. The van der Waals surface area contributed by atoms with Gasteiger partial charge in [-0.05, 0) is 86.7 Å². The summed E-state index contributed by atoms with van der Waals surface area (Å²) in [6.45, 7) is 13.5. The summed E-state index contributed by atoms with van der Waals surface area (Å²) in [7, 11) is 0. The predicted molar refractivity (Wildman–Crippen MR) is 174 cm³/mol. The van der Waals surface area contributed by atoms with E-state index >= 15 is 0 Å². The molecule has 0 bridgehead atoms. The van der Waals surface area contributed by atoms with E-state index in [-0.39, 0.29) is 24.4 Å². The minimum Gasteiger partial charge on any atom is -0.461 e. The lowest BCUT2D eigenvalue weighted by Crippen LogP contribution is -2.34. The van der Waals surface area contributed by atoms with Crippen LogP contribution in [0.1, 0.15) is 86.9 Å². The number of aromatic nitrogens is 2. The third-order valence-electron chi connectivity index (χ3n) is 9.03. The van der Waals surface area contributed by atoms with Crippen molar-refractivity contribution in [1.82, 2.24) is 19.8 Å². The molecule has 43 heavy (non-hydrogen) atoms. The molecule has 232 valence electrons. The number of nitrogens with zero attached hydrogens (tertiary/aromatic N) is 3. The van der Waals surface area contributed by atoms with Gasteiger partial charge in [-0.15, -0.1) is 0 Å². The fourth-order valence-corrected chi connectivity index (χ4v) is 6.02. The van der Waals surface area contributed by atoms with Gasteiger partial charge in [0.15, 0.2) is 0 Å². The van der Waals surface area contributed by atoms with Crippen LogP contribution < -0.4 is 11.1 Å². The van der Waals surface area contributed by atoms with Gasteiger partial charge in [0, 0.05) is 37.4 Å². The van der Waals surface area contributed by atoms with Gasteiger partial charge in [-0.1, -0.05) is 68.8 Å². The minimum atomic E-state index is -0.318. The first-order valence-electron chi connectivity index (χ1n) is 16.1. The van der Waals surface area contributed by atoms with Crippen LogP contribution in [-0.2, 0) is 29.2 Å². The van der Waals surface area contributed by atoms with Crippen molar-refractivity contribution in [2.24, 2.45) is 17.6 Å². The molecule has 1 aromatic heterocycles. The molecular formula is C36H51N5O2. The van der Waals surface area contributed by atoms with E-state index in [2.05, 4.69) is 53.0 Å². The van der Waals surface area contributed by atoms with Gasteiger partial charge in [-0.3, -0.25) is 9.69 Å². The van der Waals surface area contributed by atoms with Crippen LogP contribution in [0.25, 0.3) is 0 Å². The van der Waals surface area contributed by atoms with Gasteiger partial charge >= 0.3 is 5.97 Å². The molecule has 1 saturated heterocycles. The summed E-state index contributed by atoms with van der Waals surface area (Å²) in [6.07, 6.45) is 11.2. The maximum absolute atomic E-state index is 13.3. The minimum absolute atomic E-state index is 0.0293. The number of nitrogens with two attached hydrogens (primary N) is 1. The third kappa shape index (κ3) is 9.45. The van der Waals surface area contributed by atoms with Crippen molar-refractivity contribution in [3.05, 3.63) is 101 Å². The van der Waals surface area contributed by atoms with Crippen molar-refractivity contribution in [1.29, 1.82) is 0 Å². The highest BCUT2D eigenvalue weighted by Crippen LogP contribution is 2.33. The summed E-state index contributed by atoms with van der Waals surface area (Å²) >= 11 is 0. The Morgan fingerprint density at radius 3 is 2.63 bits per heavy atom. The highest BCUT2D eigenvalue weighted by molar-refractivity contribution is 5.73. The number of rotatable bonds is 15. The van der Waals surface area contributed by atoms with Crippen molar-refractivity contribution >= 4 is 5.97 Å². The quantitative estimate of drug-likeness (QED) is 0.198. The summed E-state index contributed by atoms with van der Waals surface area (Å²) in [5.74, 6) is 1.44. The zero-order chi connectivity index (χ0) is 30.6. The van der Waals surface area contributed by atoms with E-state index in [0.717, 1.165) is 67.7 Å². The Labute approximate surface area is 258 Å². The predicted octanol–water partition coefficient (Wildman–Crippen LogP) is 6.51. The smallest absolute Gasteiger partial charge is 0.309 e. The van der Waals surface area contributed by atoms with E-state index in [0.29, 0.717) is 6.42 Å². The second-order valence-corrected chi connectivity index (χ2v) is 12.1. The van der Waals surface area contributed by atoms with Gasteiger partial charge in [0.1, 0.15) is 12.4 Å². The van der Waals surface area contributed by atoms with E-state index in [1.165, 1.54) is 30.4 Å². The molecule has 3 N–H and O–H groups in total. The molecule has 0 spiro atoms. The van der Waals surface area contributed by atoms with Crippen LogP contribution in [0.4, 0.5) is 0 Å². The van der Waals surface area contributed by atoms with Gasteiger partial charge in [0.25, 0.3) is 0 Å². The normalized spacial score (nSPS) is 16.1. The molecule has 0 amide bonds. The second kappa shape index (κ2) is 16.3. The van der Waals surface area contributed by atoms with Crippen LogP contribution >= 0.6 is 0 Å². The number of carbonyl (C=O) groups is 1. The highest BCUT2D eigenvalue weighted by atomic mass is 16.5. The third-order valence-corrected chi connectivity index (χ3v) is 9.03. The number of nitrogens with one attached hydrogen (secondary N) is 1. The lowest BCUT2D eigenvalue weighted by molar-refractivity contribution is -0.150. The first-order valence-corrected chi connectivity index (χ1v) is 16.1. The Morgan fingerprint density at radius 1 is 1.14 bits per heavy atom. The molecular weight excluding hydrogens is 534 g/mol. The molecule has 2 unspecified atom stereocenters. The number of carbonyl (C=O) groups excluding carboxylic acids is 1. The standard InChI is InChI=1S/C36H51N5O2/c1-5-29-16-19-40(20-17-29)25-35-39-18-21-41(35)24-32-22-31(13-12-27(32)3)34(15-14-33(37)23-38-6-2)28(4)36(42)43-26-30-10-8-7-9-11-30/h7-13,18,21-23,28-29,34,38H,5-6,14-17,19-20,24-26,37H2,1-4H3/b33-23-. The van der Waals surface area contributed by atoms with Crippen molar-refractivity contribution < 1.29 is 9.53 Å². The Kier molecular flexibility index (Phi) is 12.3. The lowest BCUT2D eigenvalue weighted by atomic mass is 9.82. The molecule has 7 nitrogen and oxygen atoms in total. The fourth-order valence-electron chi connectivity index (χ4n) is 6.02. The van der Waals surface area contributed by atoms with Crippen molar-refractivity contribution in [3.63, 3.8) is 0 Å². The van der Waals surface area contributed by atoms with Gasteiger partial charge < -0.3 is 20.4 Å². The number of likely N-dealkylation sites (tertiary alicyclic amines) is 1. The zero-order valence-corrected chi connectivity index (χ0v) is 26.6.